The van der Waals surface area contributed by atoms with Crippen LogP contribution in [0.2, 0.25) is 0 Å². The zero-order chi connectivity index (χ0) is 26.5. The van der Waals surface area contributed by atoms with Crippen molar-refractivity contribution >= 4 is 41.1 Å². The number of nitroso groups, excluding NO2 is 1. The maximum Gasteiger partial charge on any atom is 0.356 e. The number of benzene rings is 2. The molecule has 1 fully saturated rings. The molecule has 11 heteroatoms. The minimum atomic E-state index is -1.05. The molecule has 0 aliphatic carbocycles. The molecule has 0 spiro atoms. The van der Waals surface area contributed by atoms with Crippen LogP contribution >= 0.6 is 23.4 Å². The smallest absolute Gasteiger partial charge is 0.356 e. The first-order valence-electron chi connectivity index (χ1n) is 11.1. The third-order valence-corrected chi connectivity index (χ3v) is 7.42. The van der Waals surface area contributed by atoms with E-state index in [2.05, 4.69) is 17.1 Å². The predicted octanol–water partition coefficient (Wildman–Crippen LogP) is 3.93. The highest BCUT2D eigenvalue weighted by atomic mass is 35.5. The second kappa shape index (κ2) is 11.4. The highest BCUT2D eigenvalue weighted by Gasteiger charge is 2.54. The van der Waals surface area contributed by atoms with Gasteiger partial charge in [-0.1, -0.05) is 73.3 Å². The molecule has 1 saturated heterocycles. The van der Waals surface area contributed by atoms with E-state index in [1.807, 2.05) is 60.7 Å². The monoisotopic (exact) mass is 539 g/mol. The summed E-state index contributed by atoms with van der Waals surface area (Å²) in [4.78, 5) is 51.3. The predicted molar refractivity (Wildman–Crippen MR) is 139 cm³/mol. The number of thioether (sulfide) groups is 1. The van der Waals surface area contributed by atoms with Gasteiger partial charge in [0, 0.05) is 5.75 Å². The van der Waals surface area contributed by atoms with E-state index in [9.17, 15) is 24.4 Å². The number of nitrogens with one attached hydrogen (secondary N) is 1. The number of ether oxygens (including phenoxy) is 1. The molecule has 2 aromatic carbocycles. The van der Waals surface area contributed by atoms with Crippen LogP contribution in [0.4, 0.5) is 0 Å². The Kier molecular flexibility index (Phi) is 8.10. The molecule has 2 aliphatic rings. The van der Waals surface area contributed by atoms with E-state index in [4.69, 9.17) is 16.3 Å². The van der Waals surface area contributed by atoms with Gasteiger partial charge in [0.25, 0.3) is 11.8 Å². The van der Waals surface area contributed by atoms with E-state index in [1.54, 1.807) is 0 Å². The van der Waals surface area contributed by atoms with Crippen molar-refractivity contribution in [2.75, 3.05) is 11.6 Å². The van der Waals surface area contributed by atoms with Gasteiger partial charge in [0.1, 0.15) is 22.9 Å². The summed E-state index contributed by atoms with van der Waals surface area (Å²) in [6.45, 7) is 3.77. The molecule has 2 atom stereocenters. The van der Waals surface area contributed by atoms with E-state index in [1.165, 1.54) is 22.7 Å². The Morgan fingerprint density at radius 3 is 2.30 bits per heavy atom. The van der Waals surface area contributed by atoms with Crippen molar-refractivity contribution in [2.45, 2.75) is 17.5 Å². The second-order valence-electron chi connectivity index (χ2n) is 8.07. The lowest BCUT2D eigenvalue weighted by Crippen LogP contribution is -2.70. The van der Waals surface area contributed by atoms with Gasteiger partial charge in [-0.3, -0.25) is 14.5 Å². The maximum atomic E-state index is 13.5. The number of hydrogen-bond acceptors (Lipinski definition) is 8. The molecule has 0 radical (unpaired) electrons. The Morgan fingerprint density at radius 2 is 1.78 bits per heavy atom. The van der Waals surface area contributed by atoms with Crippen LogP contribution in [0, 0.1) is 4.91 Å². The van der Waals surface area contributed by atoms with E-state index in [0.29, 0.717) is 11.3 Å². The molecule has 1 unspecified atom stereocenters. The Bertz CT molecular complexity index is 1260. The maximum absolute atomic E-state index is 13.5. The number of carbonyl (C=O) groups excluding carboxylic acids is 3. The average molecular weight is 540 g/mol. The Hall–Kier alpha value is -3.89. The molecule has 9 nitrogen and oxygen atoms in total. The van der Waals surface area contributed by atoms with Crippen molar-refractivity contribution in [3.05, 3.63) is 112 Å². The van der Waals surface area contributed by atoms with Crippen LogP contribution in [-0.2, 0) is 19.1 Å². The number of aliphatic hydroxyl groups excluding tert-OH is 1. The Morgan fingerprint density at radius 1 is 1.19 bits per heavy atom. The fourth-order valence-corrected chi connectivity index (χ4v) is 5.50. The van der Waals surface area contributed by atoms with Gasteiger partial charge in [0.05, 0.1) is 5.88 Å². The number of esters is 1. The van der Waals surface area contributed by atoms with Crippen molar-refractivity contribution in [1.29, 1.82) is 0 Å². The van der Waals surface area contributed by atoms with Crippen LogP contribution in [0.15, 0.2) is 101 Å². The normalized spacial score (nSPS) is 19.4. The molecule has 2 N–H and O–H groups in total. The van der Waals surface area contributed by atoms with E-state index in [-0.39, 0.29) is 5.70 Å². The SMILES string of the molecule is C=CC1=C(C(=O)OC(c2ccccc2)c2ccccc2)N2C(=O)C(NC(=O)C(N=O)=C(O)CCl)[C@@H]2SC1. The molecule has 2 heterocycles. The molecule has 190 valence electrons. The van der Waals surface area contributed by atoms with Gasteiger partial charge in [-0.15, -0.1) is 28.3 Å². The number of halogens is 1. The number of carbonyl (C=O) groups is 3. The van der Waals surface area contributed by atoms with Gasteiger partial charge in [-0.25, -0.2) is 4.79 Å². The highest BCUT2D eigenvalue weighted by Crippen LogP contribution is 2.42. The number of hydrogen-bond donors (Lipinski definition) is 2. The van der Waals surface area contributed by atoms with Crippen LogP contribution in [-0.4, -0.2) is 50.8 Å². The summed E-state index contributed by atoms with van der Waals surface area (Å²) < 4.78 is 5.97. The van der Waals surface area contributed by atoms with Gasteiger partial charge in [0.15, 0.2) is 6.10 Å². The zero-order valence-electron chi connectivity index (χ0n) is 19.4. The van der Waals surface area contributed by atoms with Crippen LogP contribution in [0.5, 0.6) is 0 Å². The van der Waals surface area contributed by atoms with Gasteiger partial charge in [0.2, 0.25) is 5.70 Å². The van der Waals surface area contributed by atoms with Crippen molar-refractivity contribution in [1.82, 2.24) is 10.2 Å². The average Bonchev–Trinajstić information content (AvgIpc) is 2.94. The Labute approximate surface area is 221 Å². The summed E-state index contributed by atoms with van der Waals surface area (Å²) in [7, 11) is 0. The van der Waals surface area contributed by atoms with Crippen LogP contribution in [0.3, 0.4) is 0 Å². The molecule has 0 bridgehead atoms. The fraction of sp³-hybridized carbons (Fsp3) is 0.192. The number of β-lactam (4-membered cyclic amide) rings is 1. The first-order chi connectivity index (χ1) is 17.9. The lowest BCUT2D eigenvalue weighted by Gasteiger charge is -2.49. The third-order valence-electron chi connectivity index (χ3n) is 5.86. The van der Waals surface area contributed by atoms with Gasteiger partial charge >= 0.3 is 5.97 Å². The molecule has 2 amide bonds. The number of amides is 2. The molecular weight excluding hydrogens is 518 g/mol. The topological polar surface area (TPSA) is 125 Å². The lowest BCUT2D eigenvalue weighted by molar-refractivity contribution is -0.154. The van der Waals surface area contributed by atoms with Crippen molar-refractivity contribution < 1.29 is 24.2 Å². The standard InChI is InChI=1S/C26H22ClN3O6S/c1-2-15-14-37-25-20(28-23(32)19(29-35)18(31)13-27)24(33)30(25)21(15)26(34)36-22(16-9-5-3-6-10-16)17-11-7-4-8-12-17/h2-12,20,22,25,31H,1,13-14H2,(H,28,32)/t20?,25-/m0/s1. The minimum absolute atomic E-state index is 0.0407. The first-order valence-corrected chi connectivity index (χ1v) is 12.7. The van der Waals surface area contributed by atoms with Gasteiger partial charge in [-0.2, -0.15) is 0 Å². The van der Waals surface area contributed by atoms with E-state index < -0.39 is 52.6 Å². The highest BCUT2D eigenvalue weighted by molar-refractivity contribution is 8.00. The second-order valence-corrected chi connectivity index (χ2v) is 9.44. The number of alkyl halides is 1. The van der Waals surface area contributed by atoms with Crippen LogP contribution < -0.4 is 5.32 Å². The lowest BCUT2D eigenvalue weighted by atomic mass is 10.0. The summed E-state index contributed by atoms with van der Waals surface area (Å²) in [5.41, 5.74) is 1.25. The first kappa shape index (κ1) is 26.2. The molecule has 0 saturated carbocycles. The van der Waals surface area contributed by atoms with Gasteiger partial charge < -0.3 is 15.2 Å². The minimum Gasteiger partial charge on any atom is -0.508 e. The molecular formula is C26H22ClN3O6S. The number of rotatable bonds is 9. The summed E-state index contributed by atoms with van der Waals surface area (Å²) >= 11 is 6.78. The molecule has 37 heavy (non-hydrogen) atoms. The van der Waals surface area contributed by atoms with Gasteiger partial charge in [-0.05, 0) is 21.9 Å². The molecule has 2 aromatic rings. The molecule has 4 rings (SSSR count). The van der Waals surface area contributed by atoms with Crippen molar-refractivity contribution in [2.24, 2.45) is 5.18 Å². The summed E-state index contributed by atoms with van der Waals surface area (Å²) in [5.74, 6) is -3.21. The zero-order valence-corrected chi connectivity index (χ0v) is 20.9. The van der Waals surface area contributed by atoms with Crippen LogP contribution in [0.25, 0.3) is 0 Å². The molecule has 0 aromatic heterocycles. The van der Waals surface area contributed by atoms with Crippen LogP contribution in [0.1, 0.15) is 17.2 Å². The summed E-state index contributed by atoms with van der Waals surface area (Å²) in [5, 5.41) is 13.9. The number of aliphatic hydroxyl groups is 1. The quantitative estimate of drug-likeness (QED) is 0.123. The number of fused-ring (bicyclic) bond motifs is 1. The summed E-state index contributed by atoms with van der Waals surface area (Å²) in [6.07, 6.45) is 0.771. The Balaban J connectivity index is 1.59. The fourth-order valence-electron chi connectivity index (χ4n) is 4.03. The van der Waals surface area contributed by atoms with Crippen molar-refractivity contribution in [3.8, 4) is 0 Å². The number of nitrogens with zero attached hydrogens (tertiary/aromatic N) is 2. The third kappa shape index (κ3) is 5.16. The van der Waals surface area contributed by atoms with E-state index >= 15 is 0 Å². The van der Waals surface area contributed by atoms with E-state index in [0.717, 1.165) is 11.1 Å². The largest absolute Gasteiger partial charge is 0.508 e. The summed E-state index contributed by atoms with van der Waals surface area (Å²) in [6, 6.07) is 17.4. The van der Waals surface area contributed by atoms with Crippen molar-refractivity contribution in [3.63, 3.8) is 0 Å². The molecule has 2 aliphatic heterocycles. The number of allylic oxidation sites excluding steroid dienone is 2.